The molecule has 1 rings (SSSR count). The van der Waals surface area contributed by atoms with E-state index in [2.05, 4.69) is 15.8 Å². The molecule has 0 radical (unpaired) electrons. The fourth-order valence-electron chi connectivity index (χ4n) is 1.34. The highest BCUT2D eigenvalue weighted by Gasteiger charge is 2.34. The Labute approximate surface area is 117 Å². The van der Waals surface area contributed by atoms with Crippen LogP contribution >= 0.6 is 0 Å². The SMILES string of the molecule is CC(=O)Nc1ccc(NN=C(C#N)C#N)cc1C(F)(F)F. The summed E-state index contributed by atoms with van der Waals surface area (Å²) in [7, 11) is 0. The molecule has 0 saturated carbocycles. The van der Waals surface area contributed by atoms with Crippen molar-refractivity contribution >= 4 is 23.0 Å². The predicted octanol–water partition coefficient (Wildman–Crippen LogP) is 2.48. The zero-order valence-corrected chi connectivity index (χ0v) is 10.6. The van der Waals surface area contributed by atoms with E-state index in [-0.39, 0.29) is 5.69 Å². The van der Waals surface area contributed by atoms with Crippen LogP contribution < -0.4 is 10.7 Å². The summed E-state index contributed by atoms with van der Waals surface area (Å²) in [5.74, 6) is -0.643. The van der Waals surface area contributed by atoms with Crippen molar-refractivity contribution in [2.45, 2.75) is 13.1 Å². The van der Waals surface area contributed by atoms with Gasteiger partial charge in [0.15, 0.2) is 0 Å². The summed E-state index contributed by atoms with van der Waals surface area (Å²) in [6.45, 7) is 1.09. The lowest BCUT2D eigenvalue weighted by Gasteiger charge is -2.14. The van der Waals surface area contributed by atoms with Crippen molar-refractivity contribution in [3.63, 3.8) is 0 Å². The Balaban J connectivity index is 3.17. The quantitative estimate of drug-likeness (QED) is 0.660. The molecule has 0 fully saturated rings. The van der Waals surface area contributed by atoms with Crippen LogP contribution in [-0.4, -0.2) is 11.6 Å². The topological polar surface area (TPSA) is 101 Å². The maximum atomic E-state index is 12.9. The molecule has 0 aliphatic heterocycles. The first kappa shape index (κ1) is 16.0. The van der Waals surface area contributed by atoms with E-state index in [9.17, 15) is 18.0 Å². The highest BCUT2D eigenvalue weighted by atomic mass is 19.4. The standard InChI is InChI=1S/C12H8F3N5O/c1-7(21)18-11-3-2-8(4-10(11)12(13,14)15)19-20-9(5-16)6-17/h2-4,19H,1H3,(H,18,21). The number of carbonyl (C=O) groups excluding carboxylic acids is 1. The largest absolute Gasteiger partial charge is 0.418 e. The summed E-state index contributed by atoms with van der Waals surface area (Å²) >= 11 is 0. The van der Waals surface area contributed by atoms with Crippen LogP contribution in [0.3, 0.4) is 0 Å². The molecule has 0 saturated heterocycles. The zero-order valence-electron chi connectivity index (χ0n) is 10.6. The Bertz CT molecular complexity index is 651. The van der Waals surface area contributed by atoms with Crippen molar-refractivity contribution in [1.29, 1.82) is 10.5 Å². The van der Waals surface area contributed by atoms with E-state index in [4.69, 9.17) is 10.5 Å². The van der Waals surface area contributed by atoms with Crippen molar-refractivity contribution in [3.8, 4) is 12.1 Å². The normalized spacial score (nSPS) is 10.0. The molecule has 1 aromatic rings. The van der Waals surface area contributed by atoms with Crippen molar-refractivity contribution in [2.24, 2.45) is 5.10 Å². The Hall–Kier alpha value is -3.07. The number of hydrogen-bond acceptors (Lipinski definition) is 5. The van der Waals surface area contributed by atoms with Crippen LogP contribution in [0.2, 0.25) is 0 Å². The van der Waals surface area contributed by atoms with Gasteiger partial charge in [0, 0.05) is 6.92 Å². The van der Waals surface area contributed by atoms with Gasteiger partial charge in [-0.25, -0.2) is 0 Å². The maximum Gasteiger partial charge on any atom is 0.418 e. The summed E-state index contributed by atoms with van der Waals surface area (Å²) < 4.78 is 38.7. The van der Waals surface area contributed by atoms with E-state index < -0.39 is 29.0 Å². The predicted molar refractivity (Wildman–Crippen MR) is 68.0 cm³/mol. The van der Waals surface area contributed by atoms with Gasteiger partial charge in [0.2, 0.25) is 11.6 Å². The molecule has 1 aromatic carbocycles. The van der Waals surface area contributed by atoms with Crippen molar-refractivity contribution in [3.05, 3.63) is 23.8 Å². The first-order chi connectivity index (χ1) is 9.77. The minimum Gasteiger partial charge on any atom is -0.326 e. The second kappa shape index (κ2) is 6.39. The van der Waals surface area contributed by atoms with Gasteiger partial charge in [0.1, 0.15) is 12.1 Å². The van der Waals surface area contributed by atoms with E-state index in [1.807, 2.05) is 0 Å². The number of nitrogens with one attached hydrogen (secondary N) is 2. The van der Waals surface area contributed by atoms with Crippen LogP contribution in [-0.2, 0) is 11.0 Å². The van der Waals surface area contributed by atoms with E-state index >= 15 is 0 Å². The molecule has 0 spiro atoms. The van der Waals surface area contributed by atoms with Gasteiger partial charge in [-0.15, -0.1) is 0 Å². The molecule has 108 valence electrons. The molecule has 0 heterocycles. The molecule has 0 aromatic heterocycles. The number of benzene rings is 1. The van der Waals surface area contributed by atoms with Gasteiger partial charge in [0.25, 0.3) is 0 Å². The van der Waals surface area contributed by atoms with Crippen molar-refractivity contribution < 1.29 is 18.0 Å². The first-order valence-electron chi connectivity index (χ1n) is 5.40. The number of hydrazone groups is 1. The van der Waals surface area contributed by atoms with Gasteiger partial charge in [-0.2, -0.15) is 28.8 Å². The molecular weight excluding hydrogens is 287 g/mol. The fourth-order valence-corrected chi connectivity index (χ4v) is 1.34. The van der Waals surface area contributed by atoms with Crippen LogP contribution in [0.25, 0.3) is 0 Å². The number of carbonyl (C=O) groups is 1. The highest BCUT2D eigenvalue weighted by Crippen LogP contribution is 2.36. The van der Waals surface area contributed by atoms with E-state index in [0.717, 1.165) is 13.0 Å². The number of anilines is 2. The molecule has 21 heavy (non-hydrogen) atoms. The Kier molecular flexibility index (Phi) is 4.86. The average molecular weight is 295 g/mol. The van der Waals surface area contributed by atoms with Crippen molar-refractivity contribution in [2.75, 3.05) is 10.7 Å². The molecule has 0 aliphatic carbocycles. The second-order valence-electron chi connectivity index (χ2n) is 3.74. The lowest BCUT2D eigenvalue weighted by atomic mass is 10.1. The average Bonchev–Trinajstić information content (AvgIpc) is 2.39. The Morgan fingerprint density at radius 3 is 2.38 bits per heavy atom. The first-order valence-corrected chi connectivity index (χ1v) is 5.40. The zero-order chi connectivity index (χ0) is 16.0. The summed E-state index contributed by atoms with van der Waals surface area (Å²) in [6.07, 6.45) is -4.69. The van der Waals surface area contributed by atoms with E-state index in [0.29, 0.717) is 6.07 Å². The number of amides is 1. The smallest absolute Gasteiger partial charge is 0.326 e. The fraction of sp³-hybridized carbons (Fsp3) is 0.167. The Morgan fingerprint density at radius 1 is 1.29 bits per heavy atom. The second-order valence-corrected chi connectivity index (χ2v) is 3.74. The molecule has 6 nitrogen and oxygen atoms in total. The minimum absolute atomic E-state index is 0.0839. The number of rotatable bonds is 3. The van der Waals surface area contributed by atoms with Crippen LogP contribution in [0.4, 0.5) is 24.5 Å². The summed E-state index contributed by atoms with van der Waals surface area (Å²) in [5, 5.41) is 22.3. The van der Waals surface area contributed by atoms with Gasteiger partial charge in [0.05, 0.1) is 16.9 Å². The van der Waals surface area contributed by atoms with Gasteiger partial charge in [-0.3, -0.25) is 10.2 Å². The summed E-state index contributed by atoms with van der Waals surface area (Å²) in [6, 6.07) is 5.87. The third kappa shape index (κ3) is 4.51. The van der Waals surface area contributed by atoms with Crippen LogP contribution in [0.15, 0.2) is 23.3 Å². The number of alkyl halides is 3. The Morgan fingerprint density at radius 2 is 1.90 bits per heavy atom. The molecule has 2 N–H and O–H groups in total. The summed E-state index contributed by atoms with van der Waals surface area (Å²) in [4.78, 5) is 10.9. The van der Waals surface area contributed by atoms with Gasteiger partial charge < -0.3 is 5.32 Å². The number of hydrogen-bond donors (Lipinski definition) is 2. The molecule has 0 bridgehead atoms. The lowest BCUT2D eigenvalue weighted by molar-refractivity contribution is -0.136. The van der Waals surface area contributed by atoms with Crippen LogP contribution in [0.1, 0.15) is 12.5 Å². The number of nitrogens with zero attached hydrogens (tertiary/aromatic N) is 3. The maximum absolute atomic E-state index is 12.9. The molecule has 1 amide bonds. The summed E-state index contributed by atoms with van der Waals surface area (Å²) in [5.41, 5.74) is 0.0797. The van der Waals surface area contributed by atoms with E-state index in [1.165, 1.54) is 18.2 Å². The molecular formula is C12H8F3N5O. The molecule has 9 heteroatoms. The van der Waals surface area contributed by atoms with Gasteiger partial charge in [-0.1, -0.05) is 0 Å². The van der Waals surface area contributed by atoms with Gasteiger partial charge in [-0.05, 0) is 18.2 Å². The minimum atomic E-state index is -4.69. The van der Waals surface area contributed by atoms with Crippen molar-refractivity contribution in [1.82, 2.24) is 0 Å². The van der Waals surface area contributed by atoms with E-state index in [1.54, 1.807) is 0 Å². The number of halogens is 3. The van der Waals surface area contributed by atoms with Crippen LogP contribution in [0, 0.1) is 22.7 Å². The molecule has 0 aliphatic rings. The van der Waals surface area contributed by atoms with Gasteiger partial charge >= 0.3 is 6.18 Å². The third-order valence-electron chi connectivity index (χ3n) is 2.14. The molecule has 0 unspecified atom stereocenters. The number of nitriles is 2. The molecule has 0 atom stereocenters. The van der Waals surface area contributed by atoms with Crippen LogP contribution in [0.5, 0.6) is 0 Å². The third-order valence-corrected chi connectivity index (χ3v) is 2.14. The monoisotopic (exact) mass is 295 g/mol. The lowest BCUT2D eigenvalue weighted by Crippen LogP contribution is -2.14. The highest BCUT2D eigenvalue weighted by molar-refractivity contribution is 6.10.